The molecule has 2 nitrogen and oxygen atoms in total. The Morgan fingerprint density at radius 1 is 1.42 bits per heavy atom. The fourth-order valence-corrected chi connectivity index (χ4v) is 1.47. The number of epoxide rings is 1. The minimum atomic E-state index is -0.258. The van der Waals surface area contributed by atoms with E-state index in [-0.39, 0.29) is 12.2 Å². The molecule has 2 heteroatoms. The van der Waals surface area contributed by atoms with E-state index in [9.17, 15) is 5.11 Å². The van der Waals surface area contributed by atoms with Crippen molar-refractivity contribution in [2.75, 3.05) is 0 Å². The summed E-state index contributed by atoms with van der Waals surface area (Å²) in [6.45, 7) is 6.24. The summed E-state index contributed by atoms with van der Waals surface area (Å²) >= 11 is 0. The van der Waals surface area contributed by atoms with Crippen LogP contribution in [0, 0.1) is 5.92 Å². The van der Waals surface area contributed by atoms with Gasteiger partial charge in [0.2, 0.25) is 0 Å². The zero-order chi connectivity index (χ0) is 9.14. The number of aliphatic hydroxyl groups excluding tert-OH is 1. The smallest absolute Gasteiger partial charge is 0.110 e. The van der Waals surface area contributed by atoms with Crippen LogP contribution in [0.15, 0.2) is 0 Å². The van der Waals surface area contributed by atoms with Crippen LogP contribution < -0.4 is 0 Å². The monoisotopic (exact) mass is 172 g/mol. The van der Waals surface area contributed by atoms with Crippen LogP contribution in [0.5, 0.6) is 0 Å². The molecule has 0 aromatic carbocycles. The number of unbranched alkanes of at least 4 members (excludes halogenated alkanes) is 1. The molecular weight excluding hydrogens is 152 g/mol. The Kier molecular flexibility index (Phi) is 3.53. The molecule has 0 radical (unpaired) electrons. The van der Waals surface area contributed by atoms with Crippen molar-refractivity contribution >= 4 is 0 Å². The van der Waals surface area contributed by atoms with Gasteiger partial charge in [-0.3, -0.25) is 0 Å². The summed E-state index contributed by atoms with van der Waals surface area (Å²) < 4.78 is 5.39. The Morgan fingerprint density at radius 3 is 2.58 bits per heavy atom. The quantitative estimate of drug-likeness (QED) is 0.643. The van der Waals surface area contributed by atoms with Gasteiger partial charge in [0.25, 0.3) is 0 Å². The summed E-state index contributed by atoms with van der Waals surface area (Å²) in [5, 5.41) is 9.61. The molecule has 3 atom stereocenters. The summed E-state index contributed by atoms with van der Waals surface area (Å²) in [6, 6.07) is 0. The van der Waals surface area contributed by atoms with Gasteiger partial charge in [-0.1, -0.05) is 33.6 Å². The summed E-state index contributed by atoms with van der Waals surface area (Å²) in [5.41, 5.74) is 0. The molecule has 1 fully saturated rings. The van der Waals surface area contributed by atoms with E-state index in [1.165, 1.54) is 12.8 Å². The lowest BCUT2D eigenvalue weighted by Gasteiger charge is -2.10. The molecule has 1 rings (SSSR count). The van der Waals surface area contributed by atoms with Crippen molar-refractivity contribution in [3.05, 3.63) is 0 Å². The minimum Gasteiger partial charge on any atom is -0.390 e. The summed E-state index contributed by atoms with van der Waals surface area (Å²) in [7, 11) is 0. The molecule has 0 amide bonds. The lowest BCUT2D eigenvalue weighted by atomic mass is 10.0. The maximum atomic E-state index is 9.61. The Bertz CT molecular complexity index is 134. The van der Waals surface area contributed by atoms with E-state index in [0.717, 1.165) is 6.42 Å². The molecule has 0 aromatic rings. The van der Waals surface area contributed by atoms with E-state index in [2.05, 4.69) is 6.92 Å². The highest BCUT2D eigenvalue weighted by Gasteiger charge is 2.44. The van der Waals surface area contributed by atoms with Crippen molar-refractivity contribution in [3.63, 3.8) is 0 Å². The van der Waals surface area contributed by atoms with E-state index >= 15 is 0 Å². The first kappa shape index (κ1) is 10.0. The summed E-state index contributed by atoms with van der Waals surface area (Å²) in [5.74, 6) is 0.321. The van der Waals surface area contributed by atoms with Gasteiger partial charge < -0.3 is 9.84 Å². The molecule has 0 saturated carbocycles. The summed E-state index contributed by atoms with van der Waals surface area (Å²) in [4.78, 5) is 0. The first-order chi connectivity index (χ1) is 5.66. The SMILES string of the molecule is CCCCC1OC1C(O)C(C)C. The second-order valence-electron chi connectivity index (χ2n) is 4.02. The van der Waals surface area contributed by atoms with Crippen molar-refractivity contribution in [2.24, 2.45) is 5.92 Å². The van der Waals surface area contributed by atoms with Gasteiger partial charge >= 0.3 is 0 Å². The lowest BCUT2D eigenvalue weighted by Crippen LogP contribution is -2.23. The fourth-order valence-electron chi connectivity index (χ4n) is 1.47. The normalized spacial score (nSPS) is 30.8. The van der Waals surface area contributed by atoms with E-state index in [4.69, 9.17) is 4.74 Å². The largest absolute Gasteiger partial charge is 0.390 e. The highest BCUT2D eigenvalue weighted by atomic mass is 16.6. The second-order valence-corrected chi connectivity index (χ2v) is 4.02. The Morgan fingerprint density at radius 2 is 2.08 bits per heavy atom. The number of hydrogen-bond donors (Lipinski definition) is 1. The number of aliphatic hydroxyl groups is 1. The van der Waals surface area contributed by atoms with Crippen LogP contribution >= 0.6 is 0 Å². The number of ether oxygens (including phenoxy) is 1. The zero-order valence-electron chi connectivity index (χ0n) is 8.29. The van der Waals surface area contributed by atoms with Crippen LogP contribution in [-0.2, 0) is 4.74 Å². The standard InChI is InChI=1S/C10H20O2/c1-4-5-6-8-10(12-8)9(11)7(2)3/h7-11H,4-6H2,1-3H3. The van der Waals surface area contributed by atoms with Gasteiger partial charge in [-0.25, -0.2) is 0 Å². The highest BCUT2D eigenvalue weighted by molar-refractivity contribution is 4.91. The van der Waals surface area contributed by atoms with Crippen molar-refractivity contribution in [1.82, 2.24) is 0 Å². The second kappa shape index (κ2) is 4.24. The van der Waals surface area contributed by atoms with Gasteiger partial charge in [0.05, 0.1) is 12.2 Å². The maximum Gasteiger partial charge on any atom is 0.110 e. The van der Waals surface area contributed by atoms with E-state index < -0.39 is 0 Å². The first-order valence-electron chi connectivity index (χ1n) is 5.00. The highest BCUT2D eigenvalue weighted by Crippen LogP contribution is 2.32. The molecule has 0 bridgehead atoms. The third-order valence-electron chi connectivity index (χ3n) is 2.48. The van der Waals surface area contributed by atoms with Crippen molar-refractivity contribution in [3.8, 4) is 0 Å². The van der Waals surface area contributed by atoms with Gasteiger partial charge in [0.15, 0.2) is 0 Å². The molecular formula is C10H20O2. The van der Waals surface area contributed by atoms with Crippen LogP contribution in [0.3, 0.4) is 0 Å². The molecule has 0 aromatic heterocycles. The molecule has 12 heavy (non-hydrogen) atoms. The van der Waals surface area contributed by atoms with Crippen LogP contribution in [-0.4, -0.2) is 23.4 Å². The molecule has 1 heterocycles. The third kappa shape index (κ3) is 2.46. The molecule has 0 spiro atoms. The van der Waals surface area contributed by atoms with E-state index in [1.54, 1.807) is 0 Å². The van der Waals surface area contributed by atoms with E-state index in [0.29, 0.717) is 12.0 Å². The van der Waals surface area contributed by atoms with Crippen LogP contribution in [0.4, 0.5) is 0 Å². The average molecular weight is 172 g/mol. The van der Waals surface area contributed by atoms with Gasteiger partial charge in [-0.05, 0) is 12.3 Å². The molecule has 3 unspecified atom stereocenters. The Labute approximate surface area is 74.9 Å². The molecule has 1 aliphatic heterocycles. The van der Waals surface area contributed by atoms with E-state index in [1.807, 2.05) is 13.8 Å². The van der Waals surface area contributed by atoms with Crippen LogP contribution in [0.1, 0.15) is 40.0 Å². The number of rotatable bonds is 5. The predicted molar refractivity (Wildman–Crippen MR) is 49.0 cm³/mol. The molecule has 1 N–H and O–H groups in total. The Hall–Kier alpha value is -0.0800. The molecule has 1 saturated heterocycles. The van der Waals surface area contributed by atoms with Crippen LogP contribution in [0.2, 0.25) is 0 Å². The molecule has 1 aliphatic rings. The van der Waals surface area contributed by atoms with Crippen molar-refractivity contribution in [1.29, 1.82) is 0 Å². The van der Waals surface area contributed by atoms with Gasteiger partial charge in [0.1, 0.15) is 6.10 Å². The maximum absolute atomic E-state index is 9.61. The third-order valence-corrected chi connectivity index (χ3v) is 2.48. The first-order valence-corrected chi connectivity index (χ1v) is 5.00. The molecule has 72 valence electrons. The fraction of sp³-hybridized carbons (Fsp3) is 1.00. The van der Waals surface area contributed by atoms with Crippen molar-refractivity contribution in [2.45, 2.75) is 58.3 Å². The van der Waals surface area contributed by atoms with Crippen molar-refractivity contribution < 1.29 is 9.84 Å². The minimum absolute atomic E-state index is 0.136. The Balaban J connectivity index is 2.14. The molecule has 0 aliphatic carbocycles. The van der Waals surface area contributed by atoms with Gasteiger partial charge in [0, 0.05) is 0 Å². The number of hydrogen-bond acceptors (Lipinski definition) is 2. The lowest BCUT2D eigenvalue weighted by molar-refractivity contribution is 0.0922. The zero-order valence-corrected chi connectivity index (χ0v) is 8.29. The van der Waals surface area contributed by atoms with Crippen LogP contribution in [0.25, 0.3) is 0 Å². The summed E-state index contributed by atoms with van der Waals surface area (Å²) in [6.07, 6.45) is 3.77. The van der Waals surface area contributed by atoms with Gasteiger partial charge in [-0.15, -0.1) is 0 Å². The predicted octanol–water partition coefficient (Wildman–Crippen LogP) is 1.96. The topological polar surface area (TPSA) is 32.8 Å². The van der Waals surface area contributed by atoms with Gasteiger partial charge in [-0.2, -0.15) is 0 Å². The average Bonchev–Trinajstić information content (AvgIpc) is 2.78.